The van der Waals surface area contributed by atoms with Gasteiger partial charge in [-0.2, -0.15) is 0 Å². The van der Waals surface area contributed by atoms with Crippen LogP contribution in [0, 0.1) is 0 Å². The summed E-state index contributed by atoms with van der Waals surface area (Å²) < 4.78 is 16.6. The highest BCUT2D eigenvalue weighted by molar-refractivity contribution is 5.79. The summed E-state index contributed by atoms with van der Waals surface area (Å²) in [6, 6.07) is 6.05. The number of rotatable bonds is 9. The van der Waals surface area contributed by atoms with E-state index in [2.05, 4.69) is 21.7 Å². The first-order valence-corrected chi connectivity index (χ1v) is 9.11. The molecule has 0 atom stereocenters. The summed E-state index contributed by atoms with van der Waals surface area (Å²) >= 11 is 0. The van der Waals surface area contributed by atoms with E-state index in [1.807, 2.05) is 19.1 Å². The first-order valence-electron chi connectivity index (χ1n) is 9.11. The Morgan fingerprint density at radius 1 is 1.16 bits per heavy atom. The van der Waals surface area contributed by atoms with E-state index in [-0.39, 0.29) is 0 Å². The van der Waals surface area contributed by atoms with E-state index in [4.69, 9.17) is 14.2 Å². The molecule has 1 fully saturated rings. The molecule has 1 aromatic carbocycles. The maximum Gasteiger partial charge on any atom is 0.191 e. The number of nitrogens with one attached hydrogen (secondary N) is 2. The number of ether oxygens (including phenoxy) is 3. The summed E-state index contributed by atoms with van der Waals surface area (Å²) in [7, 11) is 3.37. The van der Waals surface area contributed by atoms with Crippen LogP contribution in [0.4, 0.5) is 0 Å². The van der Waals surface area contributed by atoms with Gasteiger partial charge in [-0.25, -0.2) is 4.99 Å². The molecule has 1 aliphatic rings. The average Bonchev–Trinajstić information content (AvgIpc) is 3.14. The van der Waals surface area contributed by atoms with Gasteiger partial charge in [0.25, 0.3) is 0 Å². The van der Waals surface area contributed by atoms with Gasteiger partial charge in [0, 0.05) is 20.2 Å². The summed E-state index contributed by atoms with van der Waals surface area (Å²) in [5, 5.41) is 6.47. The molecule has 140 valence electrons. The van der Waals surface area contributed by atoms with E-state index < -0.39 is 0 Å². The van der Waals surface area contributed by atoms with Crippen LogP contribution in [0.2, 0.25) is 0 Å². The zero-order chi connectivity index (χ0) is 17.9. The van der Waals surface area contributed by atoms with Crippen LogP contribution in [0.15, 0.2) is 23.2 Å². The molecule has 0 amide bonds. The normalized spacial score (nSPS) is 15.2. The highest BCUT2D eigenvalue weighted by Gasteiger charge is 2.18. The zero-order valence-electron chi connectivity index (χ0n) is 15.6. The second kappa shape index (κ2) is 10.8. The quantitative estimate of drug-likeness (QED) is 0.408. The molecular weight excluding hydrogens is 318 g/mol. The molecule has 6 heteroatoms. The maximum absolute atomic E-state index is 6.08. The van der Waals surface area contributed by atoms with Crippen molar-refractivity contribution in [2.45, 2.75) is 45.3 Å². The fourth-order valence-corrected chi connectivity index (χ4v) is 2.88. The summed E-state index contributed by atoms with van der Waals surface area (Å²) in [5.74, 6) is 2.38. The third-order valence-corrected chi connectivity index (χ3v) is 4.19. The van der Waals surface area contributed by atoms with Gasteiger partial charge in [-0.05, 0) is 50.3 Å². The first kappa shape index (κ1) is 19.4. The largest absolute Gasteiger partial charge is 0.493 e. The van der Waals surface area contributed by atoms with Gasteiger partial charge in [-0.1, -0.05) is 6.07 Å². The van der Waals surface area contributed by atoms with E-state index >= 15 is 0 Å². The monoisotopic (exact) mass is 349 g/mol. The Hall–Kier alpha value is -1.95. The number of methoxy groups -OCH3 is 2. The standard InChI is InChI=1S/C19H31N3O3/c1-4-20-19(21-11-12-23-2)22-14-15-9-10-17(18(13-15)24-3)25-16-7-5-6-8-16/h9-10,13,16H,4-8,11-12,14H2,1-3H3,(H2,20,21,22). The number of aliphatic imine (C=N–C) groups is 1. The summed E-state index contributed by atoms with van der Waals surface area (Å²) in [6.07, 6.45) is 5.10. The fraction of sp³-hybridized carbons (Fsp3) is 0.632. The molecule has 0 unspecified atom stereocenters. The molecule has 0 bridgehead atoms. The minimum Gasteiger partial charge on any atom is -0.493 e. The molecule has 1 aromatic rings. The molecule has 0 aromatic heterocycles. The molecule has 6 nitrogen and oxygen atoms in total. The molecule has 0 spiro atoms. The van der Waals surface area contributed by atoms with E-state index in [1.54, 1.807) is 14.2 Å². The number of guanidine groups is 1. The predicted molar refractivity (Wildman–Crippen MR) is 101 cm³/mol. The molecule has 25 heavy (non-hydrogen) atoms. The van der Waals surface area contributed by atoms with Gasteiger partial charge in [0.05, 0.1) is 26.4 Å². The Labute approximate surface area is 151 Å². The predicted octanol–water partition coefficient (Wildman–Crippen LogP) is 2.72. The van der Waals surface area contributed by atoms with Crippen LogP contribution in [0.1, 0.15) is 38.2 Å². The second-order valence-electron chi connectivity index (χ2n) is 6.12. The van der Waals surface area contributed by atoms with E-state index in [1.165, 1.54) is 12.8 Å². The van der Waals surface area contributed by atoms with Crippen LogP contribution in [-0.2, 0) is 11.3 Å². The highest BCUT2D eigenvalue weighted by atomic mass is 16.5. The lowest BCUT2D eigenvalue weighted by atomic mass is 10.2. The number of nitrogens with zero attached hydrogens (tertiary/aromatic N) is 1. The molecular formula is C19H31N3O3. The summed E-state index contributed by atoms with van der Waals surface area (Å²) in [4.78, 5) is 4.61. The van der Waals surface area contributed by atoms with Crippen LogP contribution in [0.25, 0.3) is 0 Å². The second-order valence-corrected chi connectivity index (χ2v) is 6.12. The Morgan fingerprint density at radius 2 is 1.96 bits per heavy atom. The fourth-order valence-electron chi connectivity index (χ4n) is 2.88. The third kappa shape index (κ3) is 6.46. The molecule has 0 aliphatic heterocycles. The lowest BCUT2D eigenvalue weighted by Crippen LogP contribution is -2.38. The van der Waals surface area contributed by atoms with E-state index in [0.29, 0.717) is 19.3 Å². The molecule has 1 aliphatic carbocycles. The number of hydrogen-bond donors (Lipinski definition) is 2. The minimum absolute atomic E-state index is 0.322. The van der Waals surface area contributed by atoms with Gasteiger partial charge in [0.1, 0.15) is 0 Å². The van der Waals surface area contributed by atoms with Crippen molar-refractivity contribution in [2.24, 2.45) is 4.99 Å². The molecule has 0 saturated heterocycles. The average molecular weight is 349 g/mol. The first-order chi connectivity index (χ1) is 12.3. The van der Waals surface area contributed by atoms with E-state index in [9.17, 15) is 0 Å². The minimum atomic E-state index is 0.322. The molecule has 1 saturated carbocycles. The Kier molecular flexibility index (Phi) is 8.39. The van der Waals surface area contributed by atoms with Gasteiger partial charge < -0.3 is 24.8 Å². The van der Waals surface area contributed by atoms with Crippen molar-refractivity contribution in [3.05, 3.63) is 23.8 Å². The lowest BCUT2D eigenvalue weighted by Gasteiger charge is -2.16. The number of benzene rings is 1. The van der Waals surface area contributed by atoms with E-state index in [0.717, 1.165) is 49.0 Å². The van der Waals surface area contributed by atoms with Gasteiger partial charge in [0.15, 0.2) is 17.5 Å². The van der Waals surface area contributed by atoms with Gasteiger partial charge in [-0.3, -0.25) is 0 Å². The van der Waals surface area contributed by atoms with Crippen molar-refractivity contribution >= 4 is 5.96 Å². The van der Waals surface area contributed by atoms with Gasteiger partial charge in [0.2, 0.25) is 0 Å². The number of hydrogen-bond acceptors (Lipinski definition) is 4. The molecule has 0 heterocycles. The lowest BCUT2D eigenvalue weighted by molar-refractivity contribution is 0.200. The highest BCUT2D eigenvalue weighted by Crippen LogP contribution is 2.32. The molecule has 2 N–H and O–H groups in total. The van der Waals surface area contributed by atoms with Crippen LogP contribution in [-0.4, -0.2) is 46.0 Å². The van der Waals surface area contributed by atoms with Crippen molar-refractivity contribution in [1.29, 1.82) is 0 Å². The van der Waals surface area contributed by atoms with Crippen LogP contribution >= 0.6 is 0 Å². The summed E-state index contributed by atoms with van der Waals surface area (Å²) in [5.41, 5.74) is 1.08. The third-order valence-electron chi connectivity index (χ3n) is 4.19. The topological polar surface area (TPSA) is 64.1 Å². The maximum atomic E-state index is 6.08. The smallest absolute Gasteiger partial charge is 0.191 e. The van der Waals surface area contributed by atoms with Crippen molar-refractivity contribution in [3.8, 4) is 11.5 Å². The Balaban J connectivity index is 1.98. The Morgan fingerprint density at radius 3 is 2.64 bits per heavy atom. The van der Waals surface area contributed by atoms with Crippen LogP contribution in [0.3, 0.4) is 0 Å². The SMILES string of the molecule is CCNC(=NCc1ccc(OC2CCCC2)c(OC)c1)NCCOC. The van der Waals surface area contributed by atoms with Crippen molar-refractivity contribution in [2.75, 3.05) is 33.9 Å². The molecule has 2 rings (SSSR count). The van der Waals surface area contributed by atoms with Crippen molar-refractivity contribution < 1.29 is 14.2 Å². The zero-order valence-corrected chi connectivity index (χ0v) is 15.6. The molecule has 0 radical (unpaired) electrons. The Bertz CT molecular complexity index is 543. The van der Waals surface area contributed by atoms with Crippen LogP contribution in [0.5, 0.6) is 11.5 Å². The van der Waals surface area contributed by atoms with Crippen molar-refractivity contribution in [1.82, 2.24) is 10.6 Å². The van der Waals surface area contributed by atoms with Crippen molar-refractivity contribution in [3.63, 3.8) is 0 Å². The van der Waals surface area contributed by atoms with Gasteiger partial charge in [-0.15, -0.1) is 0 Å². The van der Waals surface area contributed by atoms with Crippen LogP contribution < -0.4 is 20.1 Å². The van der Waals surface area contributed by atoms with Gasteiger partial charge >= 0.3 is 0 Å². The summed E-state index contributed by atoms with van der Waals surface area (Å²) in [6.45, 7) is 4.80.